The van der Waals surface area contributed by atoms with Gasteiger partial charge in [-0.25, -0.2) is 0 Å². The van der Waals surface area contributed by atoms with Gasteiger partial charge in [-0.1, -0.05) is 30.4 Å². The van der Waals surface area contributed by atoms with Gasteiger partial charge in [-0.15, -0.1) is 0 Å². The molecule has 0 bridgehead atoms. The largest absolute Gasteiger partial charge is 0.345 e. The van der Waals surface area contributed by atoms with Crippen molar-refractivity contribution in [1.82, 2.24) is 0 Å². The van der Waals surface area contributed by atoms with E-state index in [4.69, 9.17) is 9.47 Å². The van der Waals surface area contributed by atoms with E-state index < -0.39 is 0 Å². The van der Waals surface area contributed by atoms with Crippen molar-refractivity contribution < 1.29 is 9.47 Å². The standard InChI is InChI=1S/C12H20O2/c1-4-7-10-13-12(9-6-3)14-11-8-5-2/h4-9,12H,10-11H2,1-3H3. The molecule has 0 aliphatic carbocycles. The highest BCUT2D eigenvalue weighted by Gasteiger charge is 2.01. The molecule has 0 saturated carbocycles. The van der Waals surface area contributed by atoms with Crippen LogP contribution < -0.4 is 0 Å². The minimum absolute atomic E-state index is 0.243. The predicted molar refractivity (Wildman–Crippen MR) is 60.1 cm³/mol. The second-order valence-electron chi connectivity index (χ2n) is 2.70. The lowest BCUT2D eigenvalue weighted by atomic mass is 10.5. The van der Waals surface area contributed by atoms with Crippen LogP contribution >= 0.6 is 0 Å². The van der Waals surface area contributed by atoms with E-state index in [0.717, 1.165) is 0 Å². The van der Waals surface area contributed by atoms with Crippen molar-refractivity contribution in [2.75, 3.05) is 13.2 Å². The maximum absolute atomic E-state index is 5.44. The second kappa shape index (κ2) is 10.2. The van der Waals surface area contributed by atoms with Crippen molar-refractivity contribution in [1.29, 1.82) is 0 Å². The Morgan fingerprint density at radius 2 is 1.36 bits per heavy atom. The average molecular weight is 196 g/mol. The zero-order valence-electron chi connectivity index (χ0n) is 9.27. The third kappa shape index (κ3) is 7.77. The summed E-state index contributed by atoms with van der Waals surface area (Å²) in [6, 6.07) is 0. The van der Waals surface area contributed by atoms with E-state index in [0.29, 0.717) is 13.2 Å². The van der Waals surface area contributed by atoms with Crippen molar-refractivity contribution in [3.63, 3.8) is 0 Å². The fourth-order valence-corrected chi connectivity index (χ4v) is 0.810. The summed E-state index contributed by atoms with van der Waals surface area (Å²) in [4.78, 5) is 0. The molecular weight excluding hydrogens is 176 g/mol. The first-order chi connectivity index (χ1) is 6.85. The molecule has 0 N–H and O–H groups in total. The summed E-state index contributed by atoms with van der Waals surface area (Å²) in [5.74, 6) is 0. The fraction of sp³-hybridized carbons (Fsp3) is 0.500. The van der Waals surface area contributed by atoms with Gasteiger partial charge in [-0.3, -0.25) is 0 Å². The van der Waals surface area contributed by atoms with Gasteiger partial charge >= 0.3 is 0 Å². The smallest absolute Gasteiger partial charge is 0.177 e. The molecule has 0 atom stereocenters. The molecule has 0 amide bonds. The lowest BCUT2D eigenvalue weighted by molar-refractivity contribution is -0.0936. The third-order valence-electron chi connectivity index (χ3n) is 1.53. The van der Waals surface area contributed by atoms with Gasteiger partial charge in [0.25, 0.3) is 0 Å². The molecule has 0 aliphatic rings. The van der Waals surface area contributed by atoms with Crippen LogP contribution in [0.3, 0.4) is 0 Å². The topological polar surface area (TPSA) is 18.5 Å². The van der Waals surface area contributed by atoms with Crippen LogP contribution in [-0.2, 0) is 9.47 Å². The molecule has 0 saturated heterocycles. The number of rotatable bonds is 7. The van der Waals surface area contributed by atoms with E-state index in [-0.39, 0.29) is 6.29 Å². The van der Waals surface area contributed by atoms with E-state index in [2.05, 4.69) is 0 Å². The maximum Gasteiger partial charge on any atom is 0.177 e. The van der Waals surface area contributed by atoms with Crippen LogP contribution in [0.4, 0.5) is 0 Å². The van der Waals surface area contributed by atoms with E-state index in [1.165, 1.54) is 0 Å². The molecular formula is C12H20O2. The Balaban J connectivity index is 3.76. The molecule has 0 aromatic carbocycles. The predicted octanol–water partition coefficient (Wildman–Crippen LogP) is 3.07. The summed E-state index contributed by atoms with van der Waals surface area (Å²) >= 11 is 0. The van der Waals surface area contributed by atoms with Gasteiger partial charge in [0, 0.05) is 0 Å². The van der Waals surface area contributed by atoms with Crippen LogP contribution in [0.25, 0.3) is 0 Å². The normalized spacial score (nSPS) is 14.8. The Morgan fingerprint density at radius 1 is 0.857 bits per heavy atom. The Hall–Kier alpha value is -0.860. The third-order valence-corrected chi connectivity index (χ3v) is 1.53. The Bertz CT molecular complexity index is 176. The Labute approximate surface area is 86.9 Å². The van der Waals surface area contributed by atoms with Gasteiger partial charge in [0.05, 0.1) is 13.2 Å². The van der Waals surface area contributed by atoms with Crippen molar-refractivity contribution in [3.8, 4) is 0 Å². The minimum Gasteiger partial charge on any atom is -0.345 e. The monoisotopic (exact) mass is 196 g/mol. The second-order valence-corrected chi connectivity index (χ2v) is 2.70. The van der Waals surface area contributed by atoms with Crippen LogP contribution in [0.2, 0.25) is 0 Å². The maximum atomic E-state index is 5.44. The first kappa shape index (κ1) is 13.1. The van der Waals surface area contributed by atoms with Gasteiger partial charge in [0.1, 0.15) is 0 Å². The summed E-state index contributed by atoms with van der Waals surface area (Å²) in [7, 11) is 0. The number of allylic oxidation sites excluding steroid dienone is 3. The van der Waals surface area contributed by atoms with E-state index in [9.17, 15) is 0 Å². The Morgan fingerprint density at radius 3 is 1.71 bits per heavy atom. The summed E-state index contributed by atoms with van der Waals surface area (Å²) in [5, 5.41) is 0. The van der Waals surface area contributed by atoms with Crippen molar-refractivity contribution in [3.05, 3.63) is 36.5 Å². The van der Waals surface area contributed by atoms with Gasteiger partial charge in [0.2, 0.25) is 0 Å². The quantitative estimate of drug-likeness (QED) is 0.460. The van der Waals surface area contributed by atoms with Crippen molar-refractivity contribution in [2.24, 2.45) is 0 Å². The molecule has 0 aromatic heterocycles. The molecule has 14 heavy (non-hydrogen) atoms. The molecule has 2 nitrogen and oxygen atoms in total. The zero-order chi connectivity index (χ0) is 10.6. The lowest BCUT2D eigenvalue weighted by Gasteiger charge is -2.12. The average Bonchev–Trinajstić information content (AvgIpc) is 2.18. The zero-order valence-corrected chi connectivity index (χ0v) is 9.27. The fourth-order valence-electron chi connectivity index (χ4n) is 0.810. The number of hydrogen-bond acceptors (Lipinski definition) is 2. The summed E-state index contributed by atoms with van der Waals surface area (Å²) in [5.41, 5.74) is 0. The van der Waals surface area contributed by atoms with E-state index >= 15 is 0 Å². The minimum atomic E-state index is -0.243. The molecule has 0 rings (SSSR count). The number of ether oxygens (including phenoxy) is 2. The first-order valence-corrected chi connectivity index (χ1v) is 4.93. The molecule has 0 radical (unpaired) electrons. The van der Waals surface area contributed by atoms with Gasteiger partial charge in [0.15, 0.2) is 6.29 Å². The van der Waals surface area contributed by atoms with E-state index in [1.807, 2.05) is 57.2 Å². The highest BCUT2D eigenvalue weighted by atomic mass is 16.7. The molecule has 0 aliphatic heterocycles. The van der Waals surface area contributed by atoms with Crippen LogP contribution in [0.15, 0.2) is 36.5 Å². The highest BCUT2D eigenvalue weighted by Crippen LogP contribution is 1.98. The van der Waals surface area contributed by atoms with Gasteiger partial charge in [-0.05, 0) is 26.8 Å². The van der Waals surface area contributed by atoms with Crippen molar-refractivity contribution >= 4 is 0 Å². The van der Waals surface area contributed by atoms with Crippen molar-refractivity contribution in [2.45, 2.75) is 27.1 Å². The van der Waals surface area contributed by atoms with Crippen LogP contribution in [0.1, 0.15) is 20.8 Å². The van der Waals surface area contributed by atoms with Crippen LogP contribution in [0, 0.1) is 0 Å². The SMILES string of the molecule is CC=CCOC(C=CC)OCC=CC. The summed E-state index contributed by atoms with van der Waals surface area (Å²) in [6.07, 6.45) is 11.4. The molecule has 0 spiro atoms. The highest BCUT2D eigenvalue weighted by molar-refractivity contribution is 4.85. The molecule has 0 fully saturated rings. The van der Waals surface area contributed by atoms with Gasteiger partial charge < -0.3 is 9.47 Å². The summed E-state index contributed by atoms with van der Waals surface area (Å²) in [6.45, 7) is 7.05. The first-order valence-electron chi connectivity index (χ1n) is 4.93. The lowest BCUT2D eigenvalue weighted by Crippen LogP contribution is -2.14. The number of hydrogen-bond donors (Lipinski definition) is 0. The van der Waals surface area contributed by atoms with E-state index in [1.54, 1.807) is 0 Å². The summed E-state index contributed by atoms with van der Waals surface area (Å²) < 4.78 is 10.9. The molecule has 0 unspecified atom stereocenters. The molecule has 2 heteroatoms. The molecule has 0 heterocycles. The Kier molecular flexibility index (Phi) is 9.59. The molecule has 80 valence electrons. The molecule has 0 aromatic rings. The van der Waals surface area contributed by atoms with Gasteiger partial charge in [-0.2, -0.15) is 0 Å². The van der Waals surface area contributed by atoms with Crippen LogP contribution in [0.5, 0.6) is 0 Å². The van der Waals surface area contributed by atoms with Crippen LogP contribution in [-0.4, -0.2) is 19.5 Å².